The van der Waals surface area contributed by atoms with Crippen molar-refractivity contribution in [2.24, 2.45) is 0 Å². The average Bonchev–Trinajstić information content (AvgIpc) is 2.82. The molecule has 2 N–H and O–H groups in total. The van der Waals surface area contributed by atoms with Crippen LogP contribution in [0.4, 0.5) is 13.2 Å². The molecule has 0 spiro atoms. The van der Waals surface area contributed by atoms with Gasteiger partial charge < -0.3 is 10.6 Å². The molecule has 3 rings (SSSR count). The number of halogens is 3. The molecule has 1 aliphatic heterocycles. The summed E-state index contributed by atoms with van der Waals surface area (Å²) in [5, 5.41) is 5.97. The summed E-state index contributed by atoms with van der Waals surface area (Å²) in [6.45, 7) is 4.00. The predicted octanol–water partition coefficient (Wildman–Crippen LogP) is 3.93. The van der Waals surface area contributed by atoms with Crippen LogP contribution >= 0.6 is 0 Å². The highest BCUT2D eigenvalue weighted by Crippen LogP contribution is 2.39. The van der Waals surface area contributed by atoms with E-state index in [1.54, 1.807) is 6.07 Å². The van der Waals surface area contributed by atoms with Crippen LogP contribution in [0.1, 0.15) is 72.6 Å². The molecule has 1 fully saturated rings. The van der Waals surface area contributed by atoms with Crippen LogP contribution in [0.5, 0.6) is 0 Å². The minimum Gasteiger partial charge on any atom is -0.348 e. The van der Waals surface area contributed by atoms with Crippen molar-refractivity contribution >= 4 is 5.91 Å². The quantitative estimate of drug-likeness (QED) is 0.880. The molecule has 0 aromatic heterocycles. The lowest BCUT2D eigenvalue weighted by Gasteiger charge is -2.42. The van der Waals surface area contributed by atoms with Crippen molar-refractivity contribution in [2.45, 2.75) is 63.8 Å². The largest absolute Gasteiger partial charge is 0.416 e. The lowest BCUT2D eigenvalue weighted by atomic mass is 9.77. The molecular weight excluding hydrogens is 305 g/mol. The molecule has 6 heteroatoms. The van der Waals surface area contributed by atoms with E-state index in [0.29, 0.717) is 12.0 Å². The van der Waals surface area contributed by atoms with Crippen LogP contribution in [0, 0.1) is 0 Å². The zero-order valence-corrected chi connectivity index (χ0v) is 13.3. The monoisotopic (exact) mass is 326 g/mol. The minimum absolute atomic E-state index is 0.0135. The number of carbonyl (C=O) groups is 1. The number of fused-ring (bicyclic) bond motifs is 1. The molecule has 126 valence electrons. The normalized spacial score (nSPS) is 20.7. The molecule has 1 atom stereocenters. The van der Waals surface area contributed by atoms with Crippen molar-refractivity contribution in [1.29, 1.82) is 0 Å². The lowest BCUT2D eigenvalue weighted by molar-refractivity contribution is -0.138. The summed E-state index contributed by atoms with van der Waals surface area (Å²) in [4.78, 5) is 11.9. The Balaban J connectivity index is 2.01. The molecule has 1 amide bonds. The van der Waals surface area contributed by atoms with Gasteiger partial charge in [0.15, 0.2) is 0 Å². The van der Waals surface area contributed by atoms with Crippen molar-refractivity contribution in [3.8, 4) is 0 Å². The van der Waals surface area contributed by atoms with Gasteiger partial charge in [0, 0.05) is 23.7 Å². The van der Waals surface area contributed by atoms with Gasteiger partial charge in [-0.3, -0.25) is 4.79 Å². The van der Waals surface area contributed by atoms with Gasteiger partial charge in [0.05, 0.1) is 5.56 Å². The van der Waals surface area contributed by atoms with Crippen LogP contribution in [-0.2, 0) is 12.7 Å². The first-order chi connectivity index (χ1) is 10.7. The van der Waals surface area contributed by atoms with Gasteiger partial charge >= 0.3 is 6.18 Å². The fourth-order valence-corrected chi connectivity index (χ4v) is 3.50. The van der Waals surface area contributed by atoms with E-state index in [1.165, 1.54) is 6.07 Å². The van der Waals surface area contributed by atoms with Gasteiger partial charge in [0.2, 0.25) is 0 Å². The lowest BCUT2D eigenvalue weighted by Crippen LogP contribution is -2.49. The van der Waals surface area contributed by atoms with Crippen LogP contribution in [0.3, 0.4) is 0 Å². The summed E-state index contributed by atoms with van der Waals surface area (Å²) in [7, 11) is 0. The third-order valence-electron chi connectivity index (χ3n) is 5.04. The first-order valence-electron chi connectivity index (χ1n) is 8.03. The average molecular weight is 326 g/mol. The summed E-state index contributed by atoms with van der Waals surface area (Å²) < 4.78 is 40.1. The molecule has 0 unspecified atom stereocenters. The number of nitrogens with one attached hydrogen (secondary N) is 2. The van der Waals surface area contributed by atoms with Crippen molar-refractivity contribution in [3.05, 3.63) is 34.4 Å². The van der Waals surface area contributed by atoms with E-state index < -0.39 is 17.6 Å². The van der Waals surface area contributed by atoms with Gasteiger partial charge in [0.1, 0.15) is 0 Å². The highest BCUT2D eigenvalue weighted by Gasteiger charge is 2.39. The Morgan fingerprint density at radius 3 is 2.57 bits per heavy atom. The maximum atomic E-state index is 13.4. The Morgan fingerprint density at radius 1 is 1.35 bits per heavy atom. The molecule has 0 bridgehead atoms. The number of amides is 1. The van der Waals surface area contributed by atoms with Gasteiger partial charge in [-0.1, -0.05) is 6.92 Å². The standard InChI is InChI=1S/C17H21F3N2O/c1-3-14(22-16(2)5-4-6-16)10-7-11-12(9-21-15(11)23)13(8-10)17(18,19)20/h7-8,14,22H,3-6,9H2,1-2H3,(H,21,23)/t14-/m0/s1. The van der Waals surface area contributed by atoms with E-state index in [1.807, 2.05) is 6.92 Å². The Bertz CT molecular complexity index is 635. The van der Waals surface area contributed by atoms with Gasteiger partial charge in [-0.2, -0.15) is 13.2 Å². The van der Waals surface area contributed by atoms with E-state index in [9.17, 15) is 18.0 Å². The number of benzene rings is 1. The number of rotatable bonds is 4. The van der Waals surface area contributed by atoms with Crippen LogP contribution in [-0.4, -0.2) is 11.4 Å². The maximum absolute atomic E-state index is 13.4. The van der Waals surface area contributed by atoms with Gasteiger partial charge in [-0.25, -0.2) is 0 Å². The summed E-state index contributed by atoms with van der Waals surface area (Å²) in [6.07, 6.45) is -0.583. The topological polar surface area (TPSA) is 41.1 Å². The second kappa shape index (κ2) is 5.51. The highest BCUT2D eigenvalue weighted by atomic mass is 19.4. The zero-order chi connectivity index (χ0) is 16.8. The molecule has 23 heavy (non-hydrogen) atoms. The van der Waals surface area contributed by atoms with Crippen LogP contribution < -0.4 is 10.6 Å². The predicted molar refractivity (Wildman–Crippen MR) is 81.0 cm³/mol. The third-order valence-corrected chi connectivity index (χ3v) is 5.04. The van der Waals surface area contributed by atoms with Crippen molar-refractivity contribution in [3.63, 3.8) is 0 Å². The van der Waals surface area contributed by atoms with Crippen molar-refractivity contribution in [2.75, 3.05) is 0 Å². The summed E-state index contributed by atoms with van der Waals surface area (Å²) in [5.74, 6) is -0.419. The summed E-state index contributed by atoms with van der Waals surface area (Å²) >= 11 is 0. The third kappa shape index (κ3) is 2.96. The highest BCUT2D eigenvalue weighted by molar-refractivity contribution is 5.99. The number of hydrogen-bond donors (Lipinski definition) is 2. The van der Waals surface area contributed by atoms with E-state index >= 15 is 0 Å². The molecule has 0 saturated heterocycles. The number of alkyl halides is 3. The van der Waals surface area contributed by atoms with Gasteiger partial charge in [-0.05, 0) is 55.9 Å². The second-order valence-electron chi connectivity index (χ2n) is 6.79. The summed E-state index contributed by atoms with van der Waals surface area (Å²) in [5.41, 5.74) is 0.0660. The van der Waals surface area contributed by atoms with Gasteiger partial charge in [-0.15, -0.1) is 0 Å². The molecule has 1 aromatic rings. The molecule has 1 aliphatic carbocycles. The van der Waals surface area contributed by atoms with Gasteiger partial charge in [0.25, 0.3) is 5.91 Å². The minimum atomic E-state index is -4.45. The van der Waals surface area contributed by atoms with Crippen LogP contribution in [0.25, 0.3) is 0 Å². The van der Waals surface area contributed by atoms with E-state index in [4.69, 9.17) is 0 Å². The maximum Gasteiger partial charge on any atom is 0.416 e. The Kier molecular flexibility index (Phi) is 3.91. The first-order valence-corrected chi connectivity index (χ1v) is 8.03. The smallest absolute Gasteiger partial charge is 0.348 e. The van der Waals surface area contributed by atoms with E-state index in [2.05, 4.69) is 17.6 Å². The molecule has 1 saturated carbocycles. The fraction of sp³-hybridized carbons (Fsp3) is 0.588. The first kappa shape index (κ1) is 16.3. The molecule has 2 aliphatic rings. The van der Waals surface area contributed by atoms with E-state index in [-0.39, 0.29) is 29.3 Å². The Labute approximate surface area is 133 Å². The molecule has 1 heterocycles. The SMILES string of the molecule is CC[C@H](NC1(C)CCC1)c1cc2c(c(C(F)(F)F)c1)CNC2=O. The van der Waals surface area contributed by atoms with Crippen LogP contribution in [0.15, 0.2) is 12.1 Å². The second-order valence-corrected chi connectivity index (χ2v) is 6.79. The Morgan fingerprint density at radius 2 is 2.04 bits per heavy atom. The zero-order valence-electron chi connectivity index (χ0n) is 13.3. The fourth-order valence-electron chi connectivity index (χ4n) is 3.50. The molecule has 1 aromatic carbocycles. The van der Waals surface area contributed by atoms with Crippen molar-refractivity contribution < 1.29 is 18.0 Å². The summed E-state index contributed by atoms with van der Waals surface area (Å²) in [6, 6.07) is 2.65. The van der Waals surface area contributed by atoms with Crippen molar-refractivity contribution in [1.82, 2.24) is 10.6 Å². The molecule has 0 radical (unpaired) electrons. The number of carbonyl (C=O) groups excluding carboxylic acids is 1. The Hall–Kier alpha value is -1.56. The number of hydrogen-bond acceptors (Lipinski definition) is 2. The molecular formula is C17H21F3N2O. The molecule has 3 nitrogen and oxygen atoms in total. The van der Waals surface area contributed by atoms with Crippen LogP contribution in [0.2, 0.25) is 0 Å². The van der Waals surface area contributed by atoms with E-state index in [0.717, 1.165) is 19.3 Å².